The first-order valence-corrected chi connectivity index (χ1v) is 11.3. The van der Waals surface area contributed by atoms with Gasteiger partial charge in [0.25, 0.3) is 5.91 Å². The molecular formula is C23H24N4O2S. The molecule has 5 rings (SSSR count). The predicted octanol–water partition coefficient (Wildman–Crippen LogP) is 4.44. The summed E-state index contributed by atoms with van der Waals surface area (Å²) in [6, 6.07) is 11.7. The van der Waals surface area contributed by atoms with Crippen molar-refractivity contribution in [1.82, 2.24) is 14.9 Å². The van der Waals surface area contributed by atoms with Crippen LogP contribution in [0.2, 0.25) is 0 Å². The molecule has 1 aromatic carbocycles. The van der Waals surface area contributed by atoms with Crippen molar-refractivity contribution in [3.63, 3.8) is 0 Å². The Kier molecular flexibility index (Phi) is 5.12. The molecule has 2 aromatic heterocycles. The molecule has 0 saturated carbocycles. The molecule has 1 fully saturated rings. The average Bonchev–Trinajstić information content (AvgIpc) is 3.49. The van der Waals surface area contributed by atoms with Crippen molar-refractivity contribution in [3.8, 4) is 11.6 Å². The fourth-order valence-corrected chi connectivity index (χ4v) is 4.65. The fourth-order valence-electron chi connectivity index (χ4n) is 3.96. The lowest BCUT2D eigenvalue weighted by Crippen LogP contribution is -2.36. The highest BCUT2D eigenvalue weighted by atomic mass is 32.1. The SMILES string of the molecule is Cc1ccc(Oc2nc(N3CCCC3)nc3c2CN(C(=O)c2cccs2)CC3)cc1. The standard InChI is InChI=1S/C23H24N4O2S/c1-16-6-8-17(9-7-16)29-21-18-15-27(22(28)20-5-4-14-30-20)13-10-19(18)24-23(25-21)26-11-2-3-12-26/h4-9,14H,2-3,10-13,15H2,1H3. The molecule has 6 nitrogen and oxygen atoms in total. The highest BCUT2D eigenvalue weighted by molar-refractivity contribution is 7.12. The van der Waals surface area contributed by atoms with Gasteiger partial charge in [0.2, 0.25) is 11.8 Å². The number of amides is 1. The Labute approximate surface area is 180 Å². The smallest absolute Gasteiger partial charge is 0.264 e. The first kappa shape index (κ1) is 19.1. The summed E-state index contributed by atoms with van der Waals surface area (Å²) in [5.41, 5.74) is 3.08. The van der Waals surface area contributed by atoms with E-state index < -0.39 is 0 Å². The maximum absolute atomic E-state index is 12.9. The zero-order valence-electron chi connectivity index (χ0n) is 17.0. The van der Waals surface area contributed by atoms with Gasteiger partial charge in [0.1, 0.15) is 5.75 Å². The van der Waals surface area contributed by atoms with E-state index in [9.17, 15) is 4.79 Å². The van der Waals surface area contributed by atoms with E-state index in [0.29, 0.717) is 25.4 Å². The van der Waals surface area contributed by atoms with E-state index in [1.54, 1.807) is 0 Å². The van der Waals surface area contributed by atoms with Gasteiger partial charge >= 0.3 is 0 Å². The molecule has 1 saturated heterocycles. The largest absolute Gasteiger partial charge is 0.438 e. The number of hydrogen-bond acceptors (Lipinski definition) is 6. The molecule has 4 heterocycles. The third kappa shape index (κ3) is 3.77. The van der Waals surface area contributed by atoms with Crippen molar-refractivity contribution < 1.29 is 9.53 Å². The number of ether oxygens (including phenoxy) is 1. The molecule has 2 aliphatic rings. The molecule has 7 heteroatoms. The van der Waals surface area contributed by atoms with Crippen molar-refractivity contribution in [1.29, 1.82) is 0 Å². The molecule has 0 bridgehead atoms. The number of rotatable bonds is 4. The van der Waals surface area contributed by atoms with Gasteiger partial charge in [-0.05, 0) is 43.3 Å². The van der Waals surface area contributed by atoms with Crippen LogP contribution in [-0.2, 0) is 13.0 Å². The molecule has 0 unspecified atom stereocenters. The number of anilines is 1. The van der Waals surface area contributed by atoms with E-state index in [1.807, 2.05) is 46.7 Å². The predicted molar refractivity (Wildman–Crippen MR) is 117 cm³/mol. The van der Waals surface area contributed by atoms with Crippen LogP contribution in [0.1, 0.15) is 39.3 Å². The van der Waals surface area contributed by atoms with E-state index in [-0.39, 0.29) is 5.91 Å². The van der Waals surface area contributed by atoms with Crippen LogP contribution in [0.3, 0.4) is 0 Å². The topological polar surface area (TPSA) is 58.6 Å². The van der Waals surface area contributed by atoms with Crippen LogP contribution in [-0.4, -0.2) is 40.4 Å². The Morgan fingerprint density at radius 3 is 2.60 bits per heavy atom. The van der Waals surface area contributed by atoms with Gasteiger partial charge in [0.15, 0.2) is 0 Å². The second-order valence-corrected chi connectivity index (χ2v) is 8.76. The monoisotopic (exact) mass is 420 g/mol. The second-order valence-electron chi connectivity index (χ2n) is 7.82. The number of aryl methyl sites for hydroxylation is 1. The van der Waals surface area contributed by atoms with E-state index in [0.717, 1.165) is 53.8 Å². The van der Waals surface area contributed by atoms with Crippen molar-refractivity contribution in [2.75, 3.05) is 24.5 Å². The van der Waals surface area contributed by atoms with Crippen LogP contribution in [0.15, 0.2) is 41.8 Å². The lowest BCUT2D eigenvalue weighted by molar-refractivity contribution is 0.0737. The number of hydrogen-bond donors (Lipinski definition) is 0. The minimum atomic E-state index is 0.0561. The van der Waals surface area contributed by atoms with Crippen LogP contribution in [0.25, 0.3) is 0 Å². The summed E-state index contributed by atoms with van der Waals surface area (Å²) in [7, 11) is 0. The normalized spacial score (nSPS) is 15.9. The van der Waals surface area contributed by atoms with Gasteiger partial charge in [0.05, 0.1) is 22.7 Å². The quantitative estimate of drug-likeness (QED) is 0.625. The van der Waals surface area contributed by atoms with Crippen LogP contribution < -0.4 is 9.64 Å². The summed E-state index contributed by atoms with van der Waals surface area (Å²) in [5.74, 6) is 2.11. The summed E-state index contributed by atoms with van der Waals surface area (Å²) < 4.78 is 6.24. The van der Waals surface area contributed by atoms with Gasteiger partial charge in [-0.2, -0.15) is 4.98 Å². The highest BCUT2D eigenvalue weighted by Gasteiger charge is 2.29. The molecule has 0 atom stereocenters. The molecule has 0 N–H and O–H groups in total. The summed E-state index contributed by atoms with van der Waals surface area (Å²) in [6.45, 7) is 5.13. The summed E-state index contributed by atoms with van der Waals surface area (Å²) in [5, 5.41) is 1.93. The van der Waals surface area contributed by atoms with E-state index in [1.165, 1.54) is 16.9 Å². The summed E-state index contributed by atoms with van der Waals surface area (Å²) in [6.07, 6.45) is 3.04. The first-order chi connectivity index (χ1) is 14.7. The zero-order valence-corrected chi connectivity index (χ0v) is 17.8. The Morgan fingerprint density at radius 2 is 1.87 bits per heavy atom. The van der Waals surface area contributed by atoms with Gasteiger partial charge in [0, 0.05) is 26.1 Å². The van der Waals surface area contributed by atoms with E-state index in [2.05, 4.69) is 11.8 Å². The summed E-state index contributed by atoms with van der Waals surface area (Å²) >= 11 is 1.47. The molecule has 2 aliphatic heterocycles. The van der Waals surface area contributed by atoms with Crippen molar-refractivity contribution in [2.45, 2.75) is 32.7 Å². The number of aromatic nitrogens is 2. The molecule has 3 aromatic rings. The van der Waals surface area contributed by atoms with Crippen LogP contribution >= 0.6 is 11.3 Å². The van der Waals surface area contributed by atoms with Crippen molar-refractivity contribution >= 4 is 23.2 Å². The maximum Gasteiger partial charge on any atom is 0.264 e. The maximum atomic E-state index is 12.9. The van der Waals surface area contributed by atoms with Crippen LogP contribution in [0.4, 0.5) is 5.95 Å². The van der Waals surface area contributed by atoms with Crippen molar-refractivity contribution in [2.24, 2.45) is 0 Å². The molecule has 0 aliphatic carbocycles. The Hall–Kier alpha value is -2.93. The lowest BCUT2D eigenvalue weighted by atomic mass is 10.1. The third-order valence-corrected chi connectivity index (χ3v) is 6.51. The fraction of sp³-hybridized carbons (Fsp3) is 0.348. The number of carbonyl (C=O) groups excluding carboxylic acids is 1. The van der Waals surface area contributed by atoms with Gasteiger partial charge in [-0.25, -0.2) is 4.98 Å². The molecule has 1 amide bonds. The lowest BCUT2D eigenvalue weighted by Gasteiger charge is -2.30. The number of carbonyl (C=O) groups is 1. The summed E-state index contributed by atoms with van der Waals surface area (Å²) in [4.78, 5) is 27.4. The zero-order chi connectivity index (χ0) is 20.5. The molecule has 0 radical (unpaired) electrons. The van der Waals surface area contributed by atoms with E-state index >= 15 is 0 Å². The Balaban J connectivity index is 1.49. The van der Waals surface area contributed by atoms with Gasteiger partial charge in [-0.15, -0.1) is 11.3 Å². The molecule has 0 spiro atoms. The first-order valence-electron chi connectivity index (χ1n) is 10.4. The average molecular weight is 421 g/mol. The number of nitrogens with zero attached hydrogens (tertiary/aromatic N) is 4. The third-order valence-electron chi connectivity index (χ3n) is 5.65. The number of thiophene rings is 1. The van der Waals surface area contributed by atoms with Crippen LogP contribution in [0.5, 0.6) is 11.6 Å². The molecule has 154 valence electrons. The van der Waals surface area contributed by atoms with Crippen LogP contribution in [0, 0.1) is 6.92 Å². The minimum Gasteiger partial charge on any atom is -0.438 e. The Bertz CT molecular complexity index is 1040. The van der Waals surface area contributed by atoms with Gasteiger partial charge < -0.3 is 14.5 Å². The minimum absolute atomic E-state index is 0.0561. The molecular weight excluding hydrogens is 396 g/mol. The van der Waals surface area contributed by atoms with E-state index in [4.69, 9.17) is 14.7 Å². The van der Waals surface area contributed by atoms with Crippen molar-refractivity contribution in [3.05, 3.63) is 63.5 Å². The number of benzene rings is 1. The van der Waals surface area contributed by atoms with Gasteiger partial charge in [-0.3, -0.25) is 4.79 Å². The van der Waals surface area contributed by atoms with Gasteiger partial charge in [-0.1, -0.05) is 23.8 Å². The highest BCUT2D eigenvalue weighted by Crippen LogP contribution is 2.33. The Morgan fingerprint density at radius 1 is 1.07 bits per heavy atom. The number of fused-ring (bicyclic) bond motifs is 1. The second kappa shape index (κ2) is 8.07. The molecule has 30 heavy (non-hydrogen) atoms.